The van der Waals surface area contributed by atoms with Gasteiger partial charge in [0.1, 0.15) is 5.60 Å². The van der Waals surface area contributed by atoms with Crippen molar-refractivity contribution < 1.29 is 9.53 Å². The van der Waals surface area contributed by atoms with E-state index in [1.807, 2.05) is 20.8 Å². The summed E-state index contributed by atoms with van der Waals surface area (Å²) in [5.74, 6) is 0. The molecule has 1 aliphatic heterocycles. The molecule has 0 aliphatic carbocycles. The Bertz CT molecular complexity index is 227. The van der Waals surface area contributed by atoms with Crippen molar-refractivity contribution in [1.82, 2.24) is 10.6 Å². The van der Waals surface area contributed by atoms with E-state index in [-0.39, 0.29) is 11.6 Å². The molecule has 1 rings (SSSR count). The summed E-state index contributed by atoms with van der Waals surface area (Å²) in [6.45, 7) is 9.37. The molecule has 0 aromatic carbocycles. The zero-order chi connectivity index (χ0) is 11.5. The number of ether oxygens (including phenoxy) is 1. The fourth-order valence-electron chi connectivity index (χ4n) is 1.69. The van der Waals surface area contributed by atoms with Gasteiger partial charge in [0, 0.05) is 12.1 Å². The van der Waals surface area contributed by atoms with Crippen LogP contribution >= 0.6 is 0 Å². The third-order valence-electron chi connectivity index (χ3n) is 2.48. The van der Waals surface area contributed by atoms with Gasteiger partial charge in [0.2, 0.25) is 0 Å². The lowest BCUT2D eigenvalue weighted by atomic mass is 10.0. The van der Waals surface area contributed by atoms with Crippen molar-refractivity contribution in [2.45, 2.75) is 51.7 Å². The van der Waals surface area contributed by atoms with Crippen molar-refractivity contribution in [3.63, 3.8) is 0 Å². The number of hydrogen-bond donors (Lipinski definition) is 2. The summed E-state index contributed by atoms with van der Waals surface area (Å²) in [6.07, 6.45) is 1.94. The second kappa shape index (κ2) is 4.39. The highest BCUT2D eigenvalue weighted by Crippen LogP contribution is 2.17. The summed E-state index contributed by atoms with van der Waals surface area (Å²) < 4.78 is 5.16. The van der Waals surface area contributed by atoms with Crippen molar-refractivity contribution in [3.8, 4) is 0 Å². The number of rotatable bonds is 2. The van der Waals surface area contributed by atoms with Gasteiger partial charge in [-0.2, -0.15) is 0 Å². The van der Waals surface area contributed by atoms with E-state index in [2.05, 4.69) is 17.6 Å². The lowest BCUT2D eigenvalue weighted by Gasteiger charge is -2.26. The van der Waals surface area contributed by atoms with Crippen molar-refractivity contribution in [2.75, 3.05) is 13.1 Å². The second-order valence-electron chi connectivity index (χ2n) is 5.45. The Labute approximate surface area is 91.8 Å². The third-order valence-corrected chi connectivity index (χ3v) is 2.48. The largest absolute Gasteiger partial charge is 0.444 e. The lowest BCUT2D eigenvalue weighted by Crippen LogP contribution is -2.48. The summed E-state index contributed by atoms with van der Waals surface area (Å²) >= 11 is 0. The van der Waals surface area contributed by atoms with Crippen LogP contribution in [0.4, 0.5) is 4.79 Å². The minimum Gasteiger partial charge on any atom is -0.444 e. The molecule has 15 heavy (non-hydrogen) atoms. The van der Waals surface area contributed by atoms with Crippen LogP contribution in [0.2, 0.25) is 0 Å². The zero-order valence-corrected chi connectivity index (χ0v) is 10.1. The van der Waals surface area contributed by atoms with Crippen molar-refractivity contribution in [2.24, 2.45) is 0 Å². The molecule has 4 nitrogen and oxygen atoms in total. The normalized spacial score (nSPS) is 26.4. The molecule has 1 atom stereocenters. The van der Waals surface area contributed by atoms with Crippen LogP contribution in [-0.2, 0) is 4.74 Å². The minimum atomic E-state index is -0.423. The van der Waals surface area contributed by atoms with Crippen LogP contribution in [0, 0.1) is 0 Å². The number of nitrogens with one attached hydrogen (secondary N) is 2. The number of alkyl carbamates (subject to hydrolysis) is 1. The Balaban J connectivity index is 2.28. The van der Waals surface area contributed by atoms with Crippen LogP contribution in [-0.4, -0.2) is 30.3 Å². The quantitative estimate of drug-likeness (QED) is 0.735. The maximum Gasteiger partial charge on any atom is 0.407 e. The molecule has 2 N–H and O–H groups in total. The van der Waals surface area contributed by atoms with Crippen LogP contribution in [0.25, 0.3) is 0 Å². The van der Waals surface area contributed by atoms with Crippen molar-refractivity contribution in [3.05, 3.63) is 0 Å². The number of carbonyl (C=O) groups excluding carboxylic acids is 1. The van der Waals surface area contributed by atoms with Crippen LogP contribution in [0.3, 0.4) is 0 Å². The molecule has 0 aromatic rings. The van der Waals surface area contributed by atoms with E-state index >= 15 is 0 Å². The van der Waals surface area contributed by atoms with Crippen LogP contribution in [0.15, 0.2) is 0 Å². The molecule has 0 unspecified atom stereocenters. The van der Waals surface area contributed by atoms with Gasteiger partial charge in [0.25, 0.3) is 0 Å². The van der Waals surface area contributed by atoms with Gasteiger partial charge in [-0.05, 0) is 47.1 Å². The van der Waals surface area contributed by atoms with E-state index in [1.54, 1.807) is 0 Å². The van der Waals surface area contributed by atoms with E-state index in [0.717, 1.165) is 13.0 Å². The summed E-state index contributed by atoms with van der Waals surface area (Å²) in [6, 6.07) is 0. The van der Waals surface area contributed by atoms with Gasteiger partial charge < -0.3 is 15.4 Å². The third kappa shape index (κ3) is 4.51. The summed E-state index contributed by atoms with van der Waals surface area (Å²) in [5, 5.41) is 6.18. The van der Waals surface area contributed by atoms with E-state index < -0.39 is 5.60 Å². The number of hydrogen-bond acceptors (Lipinski definition) is 3. The monoisotopic (exact) mass is 214 g/mol. The van der Waals surface area contributed by atoms with E-state index in [1.165, 1.54) is 6.42 Å². The molecule has 0 spiro atoms. The number of carbonyl (C=O) groups is 1. The first-order valence-corrected chi connectivity index (χ1v) is 5.53. The van der Waals surface area contributed by atoms with Gasteiger partial charge in [0.05, 0.1) is 0 Å². The van der Waals surface area contributed by atoms with E-state index in [4.69, 9.17) is 4.74 Å². The number of amides is 1. The van der Waals surface area contributed by atoms with Gasteiger partial charge in [-0.1, -0.05) is 0 Å². The molecule has 1 aliphatic rings. The predicted molar refractivity (Wildman–Crippen MR) is 59.9 cm³/mol. The van der Waals surface area contributed by atoms with Gasteiger partial charge in [-0.25, -0.2) is 4.79 Å². The SMILES string of the molecule is CC(C)(C)OC(=O)NC[C@@]1(C)CCCN1. The Morgan fingerprint density at radius 2 is 2.20 bits per heavy atom. The molecule has 1 fully saturated rings. The van der Waals surface area contributed by atoms with Gasteiger partial charge in [-0.3, -0.25) is 0 Å². The summed E-state index contributed by atoms with van der Waals surface area (Å²) in [5.41, 5.74) is -0.384. The van der Waals surface area contributed by atoms with Crippen molar-refractivity contribution >= 4 is 6.09 Å². The van der Waals surface area contributed by atoms with Crippen molar-refractivity contribution in [1.29, 1.82) is 0 Å². The molecule has 88 valence electrons. The van der Waals surface area contributed by atoms with E-state index in [9.17, 15) is 4.79 Å². The molecular weight excluding hydrogens is 192 g/mol. The molecular formula is C11H22N2O2. The first kappa shape index (κ1) is 12.3. The van der Waals surface area contributed by atoms with Gasteiger partial charge in [0.15, 0.2) is 0 Å². The molecule has 0 radical (unpaired) electrons. The first-order valence-electron chi connectivity index (χ1n) is 5.53. The van der Waals surface area contributed by atoms with Gasteiger partial charge in [-0.15, -0.1) is 0 Å². The van der Waals surface area contributed by atoms with Crippen LogP contribution < -0.4 is 10.6 Å². The standard InChI is InChI=1S/C11H22N2O2/c1-10(2,3)15-9(14)12-8-11(4)6-5-7-13-11/h13H,5-8H2,1-4H3,(H,12,14)/t11-/m1/s1. The van der Waals surface area contributed by atoms with Gasteiger partial charge >= 0.3 is 6.09 Å². The summed E-state index contributed by atoms with van der Waals surface area (Å²) in [4.78, 5) is 11.4. The smallest absolute Gasteiger partial charge is 0.407 e. The highest BCUT2D eigenvalue weighted by molar-refractivity contribution is 5.67. The Kier molecular flexibility index (Phi) is 3.60. The molecule has 4 heteroatoms. The molecule has 0 aromatic heterocycles. The lowest BCUT2D eigenvalue weighted by molar-refractivity contribution is 0.0514. The maximum absolute atomic E-state index is 11.4. The highest BCUT2D eigenvalue weighted by Gasteiger charge is 2.28. The molecule has 1 heterocycles. The fourth-order valence-corrected chi connectivity index (χ4v) is 1.69. The Morgan fingerprint density at radius 1 is 1.53 bits per heavy atom. The van der Waals surface area contributed by atoms with Crippen LogP contribution in [0.1, 0.15) is 40.5 Å². The maximum atomic E-state index is 11.4. The molecule has 1 saturated heterocycles. The second-order valence-corrected chi connectivity index (χ2v) is 5.45. The Hall–Kier alpha value is -0.770. The highest BCUT2D eigenvalue weighted by atomic mass is 16.6. The first-order chi connectivity index (χ1) is 6.81. The fraction of sp³-hybridized carbons (Fsp3) is 0.909. The predicted octanol–water partition coefficient (Wildman–Crippen LogP) is 1.65. The molecule has 0 bridgehead atoms. The molecule has 0 saturated carbocycles. The minimum absolute atomic E-state index is 0.0386. The average molecular weight is 214 g/mol. The van der Waals surface area contributed by atoms with Crippen LogP contribution in [0.5, 0.6) is 0 Å². The molecule has 1 amide bonds. The average Bonchev–Trinajstić information content (AvgIpc) is 2.47. The Morgan fingerprint density at radius 3 is 2.67 bits per heavy atom. The topological polar surface area (TPSA) is 50.4 Å². The summed E-state index contributed by atoms with van der Waals surface area (Å²) in [7, 11) is 0. The zero-order valence-electron chi connectivity index (χ0n) is 10.1. The van der Waals surface area contributed by atoms with E-state index in [0.29, 0.717) is 6.54 Å².